The monoisotopic (exact) mass is 377 g/mol. The zero-order valence-corrected chi connectivity index (χ0v) is 14.5. The van der Waals surface area contributed by atoms with Gasteiger partial charge in [-0.1, -0.05) is 30.3 Å². The molecule has 0 unspecified atom stereocenters. The Morgan fingerprint density at radius 1 is 1.26 bits per heavy atom. The first-order chi connectivity index (χ1) is 11.2. The van der Waals surface area contributed by atoms with Gasteiger partial charge < -0.3 is 14.2 Å². The number of benzene rings is 1. The lowest BCUT2D eigenvalue weighted by atomic mass is 9.97. The Morgan fingerprint density at radius 3 is 2.65 bits per heavy atom. The van der Waals surface area contributed by atoms with Gasteiger partial charge in [0.25, 0.3) is 0 Å². The molecule has 0 spiro atoms. The molecule has 2 aromatic rings. The van der Waals surface area contributed by atoms with Crippen molar-refractivity contribution in [2.75, 3.05) is 13.1 Å². The van der Waals surface area contributed by atoms with Crippen LogP contribution in [0.2, 0.25) is 0 Å². The molecule has 0 atom stereocenters. The second-order valence-electron chi connectivity index (χ2n) is 5.82. The maximum absolute atomic E-state index is 12.1. The summed E-state index contributed by atoms with van der Waals surface area (Å²) in [6, 6.07) is 9.77. The normalized spacial score (nSPS) is 15.6. The largest absolute Gasteiger partial charge is 0.445 e. The number of halogens is 1. The molecule has 1 aromatic carbocycles. The van der Waals surface area contributed by atoms with Gasteiger partial charge in [0.2, 0.25) is 0 Å². The summed E-state index contributed by atoms with van der Waals surface area (Å²) < 4.78 is 8.36. The number of carbonyl (C=O) groups excluding carboxylic acids is 1. The number of hydrogen-bond acceptors (Lipinski definition) is 3. The van der Waals surface area contributed by atoms with Gasteiger partial charge in [-0.15, -0.1) is 0 Å². The van der Waals surface area contributed by atoms with E-state index in [0.717, 1.165) is 42.8 Å². The standard InChI is InChI=1S/C17H20BrN3O2/c18-16-19-8-11-21(16)12-14-6-9-20(10-7-14)17(22)23-13-15-4-2-1-3-5-15/h1-5,8,11,14H,6-7,9-10,12-13H2. The van der Waals surface area contributed by atoms with Crippen molar-refractivity contribution in [2.45, 2.75) is 26.0 Å². The first-order valence-corrected chi connectivity index (χ1v) is 8.64. The third-order valence-corrected chi connectivity index (χ3v) is 4.86. The Labute approximate surface area is 144 Å². The van der Waals surface area contributed by atoms with Gasteiger partial charge in [-0.05, 0) is 40.3 Å². The Kier molecular flexibility index (Phi) is 5.33. The molecular formula is C17H20BrN3O2. The van der Waals surface area contributed by atoms with Gasteiger partial charge in [0, 0.05) is 32.0 Å². The van der Waals surface area contributed by atoms with Crippen molar-refractivity contribution in [1.29, 1.82) is 0 Å². The highest BCUT2D eigenvalue weighted by atomic mass is 79.9. The highest BCUT2D eigenvalue weighted by Gasteiger charge is 2.24. The molecule has 3 rings (SSSR count). The summed E-state index contributed by atoms with van der Waals surface area (Å²) in [5.74, 6) is 0.568. The van der Waals surface area contributed by atoms with Crippen LogP contribution in [0.4, 0.5) is 4.79 Å². The second-order valence-corrected chi connectivity index (χ2v) is 6.53. The van der Waals surface area contributed by atoms with Gasteiger partial charge in [-0.25, -0.2) is 9.78 Å². The minimum absolute atomic E-state index is 0.212. The molecule has 0 N–H and O–H groups in total. The third kappa shape index (κ3) is 4.34. The fourth-order valence-corrected chi connectivity index (χ4v) is 3.22. The number of likely N-dealkylation sites (tertiary alicyclic amines) is 1. The second kappa shape index (κ2) is 7.64. The summed E-state index contributed by atoms with van der Waals surface area (Å²) in [5, 5.41) is 0. The van der Waals surface area contributed by atoms with Crippen molar-refractivity contribution in [3.8, 4) is 0 Å². The molecule has 122 valence electrons. The van der Waals surface area contributed by atoms with Gasteiger partial charge in [-0.2, -0.15) is 0 Å². The van der Waals surface area contributed by atoms with Crippen molar-refractivity contribution in [2.24, 2.45) is 5.92 Å². The topological polar surface area (TPSA) is 47.4 Å². The van der Waals surface area contributed by atoms with Gasteiger partial charge in [0.15, 0.2) is 4.73 Å². The van der Waals surface area contributed by atoms with Crippen molar-refractivity contribution in [1.82, 2.24) is 14.5 Å². The number of nitrogens with zero attached hydrogens (tertiary/aromatic N) is 3. The van der Waals surface area contributed by atoms with E-state index in [1.165, 1.54) is 0 Å². The van der Waals surface area contributed by atoms with Crippen LogP contribution in [-0.4, -0.2) is 33.6 Å². The molecule has 1 fully saturated rings. The SMILES string of the molecule is O=C(OCc1ccccc1)N1CCC(Cn2ccnc2Br)CC1. The fourth-order valence-electron chi connectivity index (χ4n) is 2.83. The fraction of sp³-hybridized carbons (Fsp3) is 0.412. The minimum atomic E-state index is -0.212. The summed E-state index contributed by atoms with van der Waals surface area (Å²) in [5.41, 5.74) is 1.01. The van der Waals surface area contributed by atoms with E-state index in [2.05, 4.69) is 25.5 Å². The summed E-state index contributed by atoms with van der Waals surface area (Å²) in [4.78, 5) is 18.1. The van der Waals surface area contributed by atoms with E-state index >= 15 is 0 Å². The summed E-state index contributed by atoms with van der Waals surface area (Å²) >= 11 is 3.44. The predicted octanol–water partition coefficient (Wildman–Crippen LogP) is 3.69. The molecule has 0 saturated carbocycles. The number of ether oxygens (including phenoxy) is 1. The highest BCUT2D eigenvalue weighted by Crippen LogP contribution is 2.21. The van der Waals surface area contributed by atoms with Crippen LogP contribution in [0.1, 0.15) is 18.4 Å². The molecule has 1 aliphatic rings. The van der Waals surface area contributed by atoms with E-state index < -0.39 is 0 Å². The lowest BCUT2D eigenvalue weighted by Gasteiger charge is -2.31. The zero-order valence-electron chi connectivity index (χ0n) is 12.9. The number of aromatic nitrogens is 2. The van der Waals surface area contributed by atoms with Crippen LogP contribution in [0.25, 0.3) is 0 Å². The van der Waals surface area contributed by atoms with Crippen LogP contribution >= 0.6 is 15.9 Å². The molecule has 5 nitrogen and oxygen atoms in total. The molecule has 1 saturated heterocycles. The van der Waals surface area contributed by atoms with Gasteiger partial charge in [-0.3, -0.25) is 0 Å². The summed E-state index contributed by atoms with van der Waals surface area (Å²) in [7, 11) is 0. The molecule has 2 heterocycles. The number of rotatable bonds is 4. The van der Waals surface area contributed by atoms with Crippen LogP contribution in [0, 0.1) is 5.92 Å². The van der Waals surface area contributed by atoms with E-state index in [0.29, 0.717) is 12.5 Å². The highest BCUT2D eigenvalue weighted by molar-refractivity contribution is 9.10. The van der Waals surface area contributed by atoms with Crippen molar-refractivity contribution in [3.63, 3.8) is 0 Å². The molecule has 1 aliphatic heterocycles. The van der Waals surface area contributed by atoms with Gasteiger partial charge >= 0.3 is 6.09 Å². The molecule has 0 aliphatic carbocycles. The van der Waals surface area contributed by atoms with Crippen molar-refractivity contribution in [3.05, 3.63) is 53.0 Å². The lowest BCUT2D eigenvalue weighted by molar-refractivity contribution is 0.0806. The van der Waals surface area contributed by atoms with E-state index in [4.69, 9.17) is 4.74 Å². The molecule has 1 aromatic heterocycles. The van der Waals surface area contributed by atoms with Gasteiger partial charge in [0.05, 0.1) is 0 Å². The number of amides is 1. The van der Waals surface area contributed by atoms with Crippen LogP contribution < -0.4 is 0 Å². The predicted molar refractivity (Wildman–Crippen MR) is 90.9 cm³/mol. The number of imidazole rings is 1. The van der Waals surface area contributed by atoms with Crippen LogP contribution in [0.5, 0.6) is 0 Å². The van der Waals surface area contributed by atoms with E-state index in [9.17, 15) is 4.79 Å². The summed E-state index contributed by atoms with van der Waals surface area (Å²) in [6.07, 6.45) is 5.54. The first-order valence-electron chi connectivity index (χ1n) is 7.84. The average molecular weight is 378 g/mol. The lowest BCUT2D eigenvalue weighted by Crippen LogP contribution is -2.39. The smallest absolute Gasteiger partial charge is 0.410 e. The van der Waals surface area contributed by atoms with Crippen LogP contribution in [0.3, 0.4) is 0 Å². The van der Waals surface area contributed by atoms with Crippen LogP contribution in [-0.2, 0) is 17.9 Å². The summed E-state index contributed by atoms with van der Waals surface area (Å²) in [6.45, 7) is 2.78. The Morgan fingerprint density at radius 2 is 2.00 bits per heavy atom. The number of hydrogen-bond donors (Lipinski definition) is 0. The Hall–Kier alpha value is -1.82. The maximum Gasteiger partial charge on any atom is 0.410 e. The molecular weight excluding hydrogens is 358 g/mol. The third-order valence-electron chi connectivity index (χ3n) is 4.20. The first kappa shape index (κ1) is 16.1. The average Bonchev–Trinajstić information content (AvgIpc) is 2.99. The molecule has 1 amide bonds. The minimum Gasteiger partial charge on any atom is -0.445 e. The molecule has 0 radical (unpaired) electrons. The number of carbonyl (C=O) groups is 1. The zero-order chi connectivity index (χ0) is 16.1. The molecule has 0 bridgehead atoms. The Bertz CT molecular complexity index is 636. The van der Waals surface area contributed by atoms with Crippen molar-refractivity contribution >= 4 is 22.0 Å². The molecule has 6 heteroatoms. The quantitative estimate of drug-likeness (QED) is 0.815. The Balaban J connectivity index is 1.43. The van der Waals surface area contributed by atoms with E-state index in [1.54, 1.807) is 6.20 Å². The van der Waals surface area contributed by atoms with E-state index in [1.807, 2.05) is 41.4 Å². The maximum atomic E-state index is 12.1. The van der Waals surface area contributed by atoms with Crippen LogP contribution in [0.15, 0.2) is 47.5 Å². The van der Waals surface area contributed by atoms with E-state index in [-0.39, 0.29) is 6.09 Å². The number of piperidine rings is 1. The van der Waals surface area contributed by atoms with Gasteiger partial charge in [0.1, 0.15) is 6.61 Å². The van der Waals surface area contributed by atoms with Crippen molar-refractivity contribution < 1.29 is 9.53 Å². The molecule has 23 heavy (non-hydrogen) atoms.